The summed E-state index contributed by atoms with van der Waals surface area (Å²) in [5.74, 6) is -0.458. The van der Waals surface area contributed by atoms with Crippen LogP contribution < -0.4 is 10.5 Å². The maximum Gasteiger partial charge on any atom is 0.310 e. The van der Waals surface area contributed by atoms with Crippen molar-refractivity contribution in [1.29, 1.82) is 0 Å². The van der Waals surface area contributed by atoms with E-state index in [0.29, 0.717) is 17.0 Å². The first-order valence-corrected chi connectivity index (χ1v) is 6.17. The number of ether oxygens (including phenoxy) is 2. The van der Waals surface area contributed by atoms with Crippen LogP contribution in [0.5, 0.6) is 5.75 Å². The monoisotopic (exact) mass is 280 g/mol. The third-order valence-electron chi connectivity index (χ3n) is 2.91. The van der Waals surface area contributed by atoms with Crippen LogP contribution in [0, 0.1) is 5.92 Å². The molecule has 0 aliphatic heterocycles. The van der Waals surface area contributed by atoms with Crippen LogP contribution in [0.4, 0.5) is 5.69 Å². The third-order valence-corrected chi connectivity index (χ3v) is 2.91. The maximum atomic E-state index is 12.3. The van der Waals surface area contributed by atoms with Crippen molar-refractivity contribution in [2.75, 3.05) is 33.5 Å². The van der Waals surface area contributed by atoms with Gasteiger partial charge in [-0.3, -0.25) is 9.59 Å². The van der Waals surface area contributed by atoms with Gasteiger partial charge in [-0.25, -0.2) is 0 Å². The van der Waals surface area contributed by atoms with Gasteiger partial charge in [-0.05, 0) is 12.1 Å². The van der Waals surface area contributed by atoms with Crippen LogP contribution in [0.25, 0.3) is 0 Å². The van der Waals surface area contributed by atoms with Gasteiger partial charge < -0.3 is 20.1 Å². The maximum absolute atomic E-state index is 12.3. The fraction of sp³-hybridized carbons (Fsp3) is 0.429. The topological polar surface area (TPSA) is 81.9 Å². The largest absolute Gasteiger partial charge is 0.497 e. The molecule has 0 heterocycles. The number of rotatable bonds is 5. The van der Waals surface area contributed by atoms with E-state index >= 15 is 0 Å². The predicted molar refractivity (Wildman–Crippen MR) is 75.5 cm³/mol. The summed E-state index contributed by atoms with van der Waals surface area (Å²) in [5, 5.41) is 0. The van der Waals surface area contributed by atoms with Gasteiger partial charge in [-0.15, -0.1) is 0 Å². The second-order valence-electron chi connectivity index (χ2n) is 4.60. The molecule has 0 aliphatic carbocycles. The van der Waals surface area contributed by atoms with Gasteiger partial charge in [-0.1, -0.05) is 6.92 Å². The molecule has 0 fully saturated rings. The zero-order valence-electron chi connectivity index (χ0n) is 12.2. The van der Waals surface area contributed by atoms with E-state index in [9.17, 15) is 9.59 Å². The Hall–Kier alpha value is -2.24. The fourth-order valence-corrected chi connectivity index (χ4v) is 1.85. The van der Waals surface area contributed by atoms with Gasteiger partial charge in [0, 0.05) is 30.9 Å². The van der Waals surface area contributed by atoms with E-state index in [-0.39, 0.29) is 18.4 Å². The minimum atomic E-state index is -0.392. The molecule has 0 aromatic heterocycles. The van der Waals surface area contributed by atoms with Gasteiger partial charge in [0.2, 0.25) is 0 Å². The normalized spacial score (nSPS) is 11.6. The van der Waals surface area contributed by atoms with E-state index in [0.717, 1.165) is 0 Å². The number of methoxy groups -OCH3 is 2. The summed E-state index contributed by atoms with van der Waals surface area (Å²) in [6, 6.07) is 4.82. The molecule has 0 radical (unpaired) electrons. The Morgan fingerprint density at radius 3 is 2.50 bits per heavy atom. The summed E-state index contributed by atoms with van der Waals surface area (Å²) in [6.45, 7) is 1.97. The van der Waals surface area contributed by atoms with Gasteiger partial charge in [0.25, 0.3) is 5.91 Å². The molecule has 1 unspecified atom stereocenters. The van der Waals surface area contributed by atoms with Crippen LogP contribution in [0.15, 0.2) is 18.2 Å². The van der Waals surface area contributed by atoms with Crippen LogP contribution in [0.2, 0.25) is 0 Å². The molecular weight excluding hydrogens is 260 g/mol. The second kappa shape index (κ2) is 6.79. The highest BCUT2D eigenvalue weighted by Gasteiger charge is 2.20. The Balaban J connectivity index is 2.84. The number of esters is 1. The Morgan fingerprint density at radius 2 is 1.95 bits per heavy atom. The van der Waals surface area contributed by atoms with Crippen LogP contribution in [-0.2, 0) is 9.53 Å². The van der Waals surface area contributed by atoms with Crippen LogP contribution in [-0.4, -0.2) is 44.6 Å². The van der Waals surface area contributed by atoms with Crippen molar-refractivity contribution in [1.82, 2.24) is 4.90 Å². The van der Waals surface area contributed by atoms with Crippen molar-refractivity contribution < 1.29 is 19.1 Å². The minimum Gasteiger partial charge on any atom is -0.497 e. The fourth-order valence-electron chi connectivity index (χ4n) is 1.85. The van der Waals surface area contributed by atoms with Crippen LogP contribution >= 0.6 is 0 Å². The average molecular weight is 280 g/mol. The van der Waals surface area contributed by atoms with Crippen molar-refractivity contribution in [2.45, 2.75) is 6.92 Å². The molecule has 1 aromatic carbocycles. The Kier molecular flexibility index (Phi) is 5.37. The van der Waals surface area contributed by atoms with E-state index < -0.39 is 5.92 Å². The van der Waals surface area contributed by atoms with E-state index in [1.54, 1.807) is 32.2 Å². The summed E-state index contributed by atoms with van der Waals surface area (Å²) in [5.41, 5.74) is 6.58. The van der Waals surface area contributed by atoms with Gasteiger partial charge in [0.1, 0.15) is 5.75 Å². The van der Waals surface area contributed by atoms with Gasteiger partial charge >= 0.3 is 5.97 Å². The molecule has 0 aliphatic rings. The molecular formula is C14H20N2O4. The molecule has 6 heteroatoms. The van der Waals surface area contributed by atoms with Crippen molar-refractivity contribution in [2.24, 2.45) is 5.92 Å². The van der Waals surface area contributed by atoms with E-state index in [4.69, 9.17) is 10.5 Å². The Bertz CT molecular complexity index is 502. The molecule has 0 saturated carbocycles. The number of carbonyl (C=O) groups is 2. The molecule has 0 bridgehead atoms. The average Bonchev–Trinajstić information content (AvgIpc) is 2.44. The highest BCUT2D eigenvalue weighted by Crippen LogP contribution is 2.19. The lowest BCUT2D eigenvalue weighted by molar-refractivity contribution is -0.145. The predicted octanol–water partition coefficient (Wildman–Crippen LogP) is 1.16. The third kappa shape index (κ3) is 3.88. The lowest BCUT2D eigenvalue weighted by atomic mass is 10.1. The Morgan fingerprint density at radius 1 is 1.30 bits per heavy atom. The molecule has 20 heavy (non-hydrogen) atoms. The van der Waals surface area contributed by atoms with Gasteiger partial charge in [-0.2, -0.15) is 0 Å². The number of benzene rings is 1. The molecule has 110 valence electrons. The number of nitrogens with two attached hydrogens (primary N) is 1. The number of nitrogen functional groups attached to an aromatic ring is 1. The molecule has 1 amide bonds. The summed E-state index contributed by atoms with van der Waals surface area (Å²) in [4.78, 5) is 25.1. The number of carbonyl (C=O) groups excluding carboxylic acids is 2. The van der Waals surface area contributed by atoms with Crippen molar-refractivity contribution >= 4 is 17.6 Å². The lowest BCUT2D eigenvalue weighted by Crippen LogP contribution is -2.34. The summed E-state index contributed by atoms with van der Waals surface area (Å²) >= 11 is 0. The zero-order valence-corrected chi connectivity index (χ0v) is 12.2. The quantitative estimate of drug-likeness (QED) is 0.646. The first-order chi connectivity index (χ1) is 9.38. The Labute approximate surface area is 118 Å². The molecule has 0 saturated heterocycles. The molecule has 2 N–H and O–H groups in total. The highest BCUT2D eigenvalue weighted by molar-refractivity contribution is 5.95. The minimum absolute atomic E-state index is 0.230. The standard InChI is InChI=1S/C14H20N2O4/c1-9(14(18)20-4)8-16(2)13(17)10-5-11(15)7-12(6-10)19-3/h5-7,9H,8,15H2,1-4H3. The SMILES string of the molecule is COC(=O)C(C)CN(C)C(=O)c1cc(N)cc(OC)c1. The van der Waals surface area contributed by atoms with Crippen molar-refractivity contribution in [3.63, 3.8) is 0 Å². The van der Waals surface area contributed by atoms with E-state index in [1.807, 2.05) is 0 Å². The molecule has 6 nitrogen and oxygen atoms in total. The second-order valence-corrected chi connectivity index (χ2v) is 4.60. The van der Waals surface area contributed by atoms with Gasteiger partial charge in [0.15, 0.2) is 0 Å². The van der Waals surface area contributed by atoms with Crippen molar-refractivity contribution in [3.05, 3.63) is 23.8 Å². The lowest BCUT2D eigenvalue weighted by Gasteiger charge is -2.20. The number of amides is 1. The van der Waals surface area contributed by atoms with Gasteiger partial charge in [0.05, 0.1) is 20.1 Å². The van der Waals surface area contributed by atoms with Crippen LogP contribution in [0.1, 0.15) is 17.3 Å². The summed E-state index contributed by atoms with van der Waals surface area (Å²) in [7, 11) is 4.45. The first kappa shape index (κ1) is 15.8. The van der Waals surface area contributed by atoms with Crippen LogP contribution in [0.3, 0.4) is 0 Å². The van der Waals surface area contributed by atoms with E-state index in [1.165, 1.54) is 19.1 Å². The molecule has 1 aromatic rings. The van der Waals surface area contributed by atoms with E-state index in [2.05, 4.69) is 4.74 Å². The molecule has 1 atom stereocenters. The number of hydrogen-bond donors (Lipinski definition) is 1. The summed E-state index contributed by atoms with van der Waals surface area (Å²) < 4.78 is 9.71. The summed E-state index contributed by atoms with van der Waals surface area (Å²) in [6.07, 6.45) is 0. The molecule has 0 spiro atoms. The zero-order chi connectivity index (χ0) is 15.3. The number of hydrogen-bond acceptors (Lipinski definition) is 5. The van der Waals surface area contributed by atoms with Crippen molar-refractivity contribution in [3.8, 4) is 5.75 Å². The first-order valence-electron chi connectivity index (χ1n) is 6.17. The smallest absolute Gasteiger partial charge is 0.310 e. The molecule has 1 rings (SSSR count). The number of anilines is 1. The highest BCUT2D eigenvalue weighted by atomic mass is 16.5. The number of nitrogens with zero attached hydrogens (tertiary/aromatic N) is 1.